The number of nitrogens with two attached hydrogens (primary N) is 1. The Kier molecular flexibility index (Phi) is 14.2. The van der Waals surface area contributed by atoms with Crippen LogP contribution in [0.3, 0.4) is 0 Å². The Morgan fingerprint density at radius 2 is 1.92 bits per heavy atom. The number of methoxy groups -OCH3 is 1. The van der Waals surface area contributed by atoms with E-state index in [1.165, 1.54) is 18.5 Å². The Balaban J connectivity index is 0.000000194. The van der Waals surface area contributed by atoms with Crippen molar-refractivity contribution in [3.05, 3.63) is 94.2 Å². The molecule has 0 spiro atoms. The third-order valence-electron chi connectivity index (χ3n) is 10.2. The molecule has 4 aromatic heterocycles. The van der Waals surface area contributed by atoms with E-state index in [0.29, 0.717) is 59.5 Å². The summed E-state index contributed by atoms with van der Waals surface area (Å²) >= 11 is 6.08. The van der Waals surface area contributed by atoms with E-state index in [1.807, 2.05) is 42.0 Å². The number of nitrogen functional groups attached to an aromatic ring is 1. The number of nitrogens with one attached hydrogen (secondary N) is 3. The van der Waals surface area contributed by atoms with Crippen LogP contribution in [-0.2, 0) is 17.8 Å². The fourth-order valence-corrected chi connectivity index (χ4v) is 7.14. The Morgan fingerprint density at radius 1 is 1.13 bits per heavy atom. The van der Waals surface area contributed by atoms with E-state index in [2.05, 4.69) is 45.8 Å². The van der Waals surface area contributed by atoms with Crippen LogP contribution in [0.1, 0.15) is 58.5 Å². The number of benzene rings is 2. The molecule has 328 valence electrons. The third kappa shape index (κ3) is 10.8. The molecular weight excluding hydrogens is 832 g/mol. The van der Waals surface area contributed by atoms with E-state index in [9.17, 15) is 14.7 Å². The summed E-state index contributed by atoms with van der Waals surface area (Å²) in [5.41, 5.74) is 9.23. The predicted molar refractivity (Wildman–Crippen MR) is 232 cm³/mol. The lowest BCUT2D eigenvalue weighted by atomic mass is 10.1. The Labute approximate surface area is 366 Å². The van der Waals surface area contributed by atoms with Gasteiger partial charge in [0.2, 0.25) is 11.6 Å². The topological polar surface area (TPSA) is 262 Å². The van der Waals surface area contributed by atoms with Gasteiger partial charge in [0.1, 0.15) is 23.1 Å². The average Bonchev–Trinajstić information content (AvgIpc) is 4.09. The van der Waals surface area contributed by atoms with Gasteiger partial charge in [-0.25, -0.2) is 15.0 Å². The van der Waals surface area contributed by atoms with Crippen molar-refractivity contribution in [3.63, 3.8) is 0 Å². The molecule has 2 aromatic carbocycles. The van der Waals surface area contributed by atoms with Crippen LogP contribution in [0.25, 0.3) is 22.2 Å². The van der Waals surface area contributed by atoms with E-state index in [-0.39, 0.29) is 34.8 Å². The SMILES string of the molecule is CC(Cn1ccc(-c2ccc(C#N)c(Cl)c2)n1)NC(=O)c1cc(C(C)O)[nH]n1.COc1c(OCCCN2CCOCC2)ccc2c3n(c(=NC(=O)c4cnc(N)nc4)nc12)CCN3. The maximum Gasteiger partial charge on any atom is 0.283 e. The quantitative estimate of drug-likeness (QED) is 0.104. The molecular formula is C42H47ClN14O6. The maximum absolute atomic E-state index is 12.8. The van der Waals surface area contributed by atoms with E-state index >= 15 is 0 Å². The third-order valence-corrected chi connectivity index (χ3v) is 10.5. The number of fused-ring (bicyclic) bond motifs is 3. The summed E-state index contributed by atoms with van der Waals surface area (Å²) in [5.74, 6) is 1.18. The molecule has 0 saturated carbocycles. The van der Waals surface area contributed by atoms with Crippen molar-refractivity contribution >= 4 is 46.1 Å². The number of morpholine rings is 1. The number of aromatic amines is 1. The molecule has 21 heteroatoms. The second-order valence-electron chi connectivity index (χ2n) is 14.7. The first kappa shape index (κ1) is 44.1. The Hall–Kier alpha value is -6.92. The van der Waals surface area contributed by atoms with Crippen LogP contribution in [-0.4, -0.2) is 120 Å². The maximum atomic E-state index is 12.8. The number of anilines is 2. The number of carbonyl (C=O) groups excluding carboxylic acids is 2. The standard InChI is InChI=1S/C23H28N8O4.C19H19ClN6O2/c1-33-19-17(35-10-2-6-30-8-11-34-12-9-30)4-3-16-18(19)28-23(31-7-5-25-20(16)31)29-21(32)15-13-26-22(24)27-14-15;1-11(22-19(28)18-8-17(12(2)27)23-24-18)10-26-6-5-16(25-26)13-3-4-14(9-21)15(20)7-13/h3-4,13-14,25H,2,5-12H2,1H3,(H2,24,26,27);3-8,11-12,27H,10H2,1-2H3,(H,22,28)(H,23,24). The van der Waals surface area contributed by atoms with Crippen molar-refractivity contribution in [1.82, 2.24) is 49.7 Å². The number of aliphatic hydroxyl groups excluding tert-OH is 1. The lowest BCUT2D eigenvalue weighted by Gasteiger charge is -2.26. The van der Waals surface area contributed by atoms with Crippen LogP contribution in [0.4, 0.5) is 11.8 Å². The zero-order valence-electron chi connectivity index (χ0n) is 34.9. The number of nitriles is 1. The zero-order chi connectivity index (χ0) is 44.5. The van der Waals surface area contributed by atoms with Crippen molar-refractivity contribution < 1.29 is 28.9 Å². The highest BCUT2D eigenvalue weighted by Crippen LogP contribution is 2.37. The molecule has 2 atom stereocenters. The summed E-state index contributed by atoms with van der Waals surface area (Å²) in [7, 11) is 1.58. The van der Waals surface area contributed by atoms with Crippen LogP contribution in [0.5, 0.6) is 11.5 Å². The summed E-state index contributed by atoms with van der Waals surface area (Å²) in [6.45, 7) is 10.2. The Bertz CT molecular complexity index is 2680. The summed E-state index contributed by atoms with van der Waals surface area (Å²) in [4.78, 5) is 44.1. The van der Waals surface area contributed by atoms with Gasteiger partial charge in [-0.1, -0.05) is 17.7 Å². The van der Waals surface area contributed by atoms with Crippen molar-refractivity contribution in [3.8, 4) is 28.8 Å². The highest BCUT2D eigenvalue weighted by molar-refractivity contribution is 6.32. The van der Waals surface area contributed by atoms with Crippen LogP contribution in [0, 0.1) is 11.3 Å². The second-order valence-corrected chi connectivity index (χ2v) is 15.1. The van der Waals surface area contributed by atoms with Crippen LogP contribution >= 0.6 is 11.6 Å². The van der Waals surface area contributed by atoms with Gasteiger partial charge < -0.3 is 35.7 Å². The van der Waals surface area contributed by atoms with Gasteiger partial charge >= 0.3 is 0 Å². The minimum atomic E-state index is -0.718. The summed E-state index contributed by atoms with van der Waals surface area (Å²) in [5, 5.41) is 36.9. The van der Waals surface area contributed by atoms with E-state index in [1.54, 1.807) is 36.9 Å². The number of hydrogen-bond acceptors (Lipinski definition) is 15. The molecule has 2 amide bonds. The van der Waals surface area contributed by atoms with Gasteiger partial charge in [0, 0.05) is 68.3 Å². The molecule has 6 N–H and O–H groups in total. The molecule has 2 aliphatic heterocycles. The molecule has 63 heavy (non-hydrogen) atoms. The number of H-pyrrole nitrogens is 1. The van der Waals surface area contributed by atoms with Gasteiger partial charge in [0.25, 0.3) is 11.8 Å². The number of rotatable bonds is 13. The second kappa shape index (κ2) is 20.3. The minimum absolute atomic E-state index is 0.0899. The lowest BCUT2D eigenvalue weighted by molar-refractivity contribution is 0.0357. The molecule has 2 unspecified atom stereocenters. The number of halogens is 1. The smallest absolute Gasteiger partial charge is 0.283 e. The van der Waals surface area contributed by atoms with Gasteiger partial charge in [-0.15, -0.1) is 0 Å². The minimum Gasteiger partial charge on any atom is -0.491 e. The normalized spacial score (nSPS) is 14.8. The van der Waals surface area contributed by atoms with Crippen LogP contribution in [0.2, 0.25) is 5.02 Å². The largest absolute Gasteiger partial charge is 0.491 e. The van der Waals surface area contributed by atoms with E-state index in [4.69, 9.17) is 41.8 Å². The number of amides is 2. The van der Waals surface area contributed by atoms with Gasteiger partial charge in [-0.05, 0) is 56.7 Å². The van der Waals surface area contributed by atoms with Gasteiger partial charge in [0.15, 0.2) is 11.5 Å². The molecule has 1 fully saturated rings. The average molecular weight is 879 g/mol. The fraction of sp³-hybridized carbons (Fsp3) is 0.357. The lowest BCUT2D eigenvalue weighted by Crippen LogP contribution is -2.37. The highest BCUT2D eigenvalue weighted by Gasteiger charge is 2.22. The molecule has 6 heterocycles. The van der Waals surface area contributed by atoms with E-state index < -0.39 is 12.0 Å². The molecule has 20 nitrogen and oxygen atoms in total. The highest BCUT2D eigenvalue weighted by atomic mass is 35.5. The molecule has 1 saturated heterocycles. The molecule has 0 aliphatic carbocycles. The number of carbonyl (C=O) groups is 2. The number of ether oxygens (including phenoxy) is 3. The summed E-state index contributed by atoms with van der Waals surface area (Å²) in [6, 6.07) is 14.2. The first-order chi connectivity index (χ1) is 30.5. The van der Waals surface area contributed by atoms with Crippen molar-refractivity contribution in [2.24, 2.45) is 4.99 Å². The van der Waals surface area contributed by atoms with Crippen LogP contribution < -0.4 is 31.5 Å². The number of aromatic nitrogens is 8. The van der Waals surface area contributed by atoms with Crippen LogP contribution in [0.15, 0.2) is 66.0 Å². The first-order valence-electron chi connectivity index (χ1n) is 20.2. The summed E-state index contributed by atoms with van der Waals surface area (Å²) in [6.07, 6.45) is 4.67. The Morgan fingerprint density at radius 3 is 2.63 bits per heavy atom. The van der Waals surface area contributed by atoms with Gasteiger partial charge in [-0.3, -0.25) is 28.8 Å². The molecule has 0 bridgehead atoms. The number of nitrogens with zero attached hydrogens (tertiary/aromatic N) is 10. The van der Waals surface area contributed by atoms with Crippen molar-refractivity contribution in [1.29, 1.82) is 5.26 Å². The number of hydrogen-bond donors (Lipinski definition) is 5. The predicted octanol–water partition coefficient (Wildman–Crippen LogP) is 3.35. The zero-order valence-corrected chi connectivity index (χ0v) is 35.7. The fourth-order valence-electron chi connectivity index (χ4n) is 6.92. The molecule has 0 radical (unpaired) electrons. The summed E-state index contributed by atoms with van der Waals surface area (Å²) < 4.78 is 20.8. The molecule has 2 aliphatic rings. The van der Waals surface area contributed by atoms with Gasteiger partial charge in [0.05, 0.1) is 67.1 Å². The molecule has 6 aromatic rings. The van der Waals surface area contributed by atoms with Crippen molar-refractivity contribution in [2.45, 2.75) is 45.5 Å². The first-order valence-corrected chi connectivity index (χ1v) is 20.6. The number of aliphatic hydroxyl groups is 1. The van der Waals surface area contributed by atoms with Crippen molar-refractivity contribution in [2.75, 3.05) is 64.2 Å². The monoisotopic (exact) mass is 878 g/mol. The van der Waals surface area contributed by atoms with Gasteiger partial charge in [-0.2, -0.15) is 20.5 Å². The van der Waals surface area contributed by atoms with E-state index in [0.717, 1.165) is 61.7 Å². The molecule has 8 rings (SSSR count).